The Morgan fingerprint density at radius 3 is 2.79 bits per heavy atom. The standard InChI is InChI=1S/C19H23N7O2/c1-25-11-17(23-24-25)14-7-13-8-18(21-10-16(13)20-9-14)22-19(27)12-26-5-3-15(28-2)4-6-26/h7-11,15H,3-6,12H2,1-2H3,(H,21,22,27). The molecule has 1 saturated heterocycles. The van der Waals surface area contributed by atoms with Gasteiger partial charge in [-0.15, -0.1) is 5.10 Å². The summed E-state index contributed by atoms with van der Waals surface area (Å²) >= 11 is 0. The zero-order valence-electron chi connectivity index (χ0n) is 16.0. The van der Waals surface area contributed by atoms with Gasteiger partial charge in [0.1, 0.15) is 11.5 Å². The van der Waals surface area contributed by atoms with Gasteiger partial charge in [0.05, 0.1) is 30.6 Å². The van der Waals surface area contributed by atoms with E-state index in [4.69, 9.17) is 4.74 Å². The highest BCUT2D eigenvalue weighted by molar-refractivity contribution is 5.93. The quantitative estimate of drug-likeness (QED) is 0.715. The maximum atomic E-state index is 12.4. The van der Waals surface area contributed by atoms with Crippen molar-refractivity contribution in [3.05, 3.63) is 30.7 Å². The van der Waals surface area contributed by atoms with Crippen LogP contribution < -0.4 is 5.32 Å². The van der Waals surface area contributed by atoms with Crippen LogP contribution in [0.4, 0.5) is 5.82 Å². The van der Waals surface area contributed by atoms with Gasteiger partial charge in [-0.25, -0.2) is 4.98 Å². The Balaban J connectivity index is 1.44. The average Bonchev–Trinajstić information content (AvgIpc) is 3.14. The third-order valence-corrected chi connectivity index (χ3v) is 4.97. The number of aromatic nitrogens is 5. The molecule has 0 aromatic carbocycles. The molecule has 9 heteroatoms. The van der Waals surface area contributed by atoms with Gasteiger partial charge in [-0.3, -0.25) is 19.4 Å². The molecule has 0 atom stereocenters. The first-order valence-corrected chi connectivity index (χ1v) is 9.28. The maximum Gasteiger partial charge on any atom is 0.239 e. The van der Waals surface area contributed by atoms with E-state index in [1.165, 1.54) is 0 Å². The van der Waals surface area contributed by atoms with Crippen molar-refractivity contribution in [3.8, 4) is 11.3 Å². The van der Waals surface area contributed by atoms with Crippen molar-refractivity contribution >= 4 is 22.6 Å². The van der Waals surface area contributed by atoms with Crippen LogP contribution >= 0.6 is 0 Å². The molecular formula is C19H23N7O2. The summed E-state index contributed by atoms with van der Waals surface area (Å²) < 4.78 is 7.02. The lowest BCUT2D eigenvalue weighted by Crippen LogP contribution is -2.41. The van der Waals surface area contributed by atoms with Crippen molar-refractivity contribution in [2.45, 2.75) is 18.9 Å². The highest BCUT2D eigenvalue weighted by Gasteiger charge is 2.20. The molecule has 0 radical (unpaired) electrons. The number of piperidine rings is 1. The number of nitrogens with zero attached hydrogens (tertiary/aromatic N) is 6. The van der Waals surface area contributed by atoms with Gasteiger partial charge in [0.25, 0.3) is 0 Å². The molecule has 4 heterocycles. The summed E-state index contributed by atoms with van der Waals surface area (Å²) in [5, 5.41) is 11.8. The molecule has 1 fully saturated rings. The minimum atomic E-state index is -0.0687. The number of fused-ring (bicyclic) bond motifs is 1. The van der Waals surface area contributed by atoms with Crippen molar-refractivity contribution in [2.75, 3.05) is 32.1 Å². The van der Waals surface area contributed by atoms with Crippen molar-refractivity contribution < 1.29 is 9.53 Å². The number of likely N-dealkylation sites (tertiary alicyclic amines) is 1. The second-order valence-corrected chi connectivity index (χ2v) is 7.02. The summed E-state index contributed by atoms with van der Waals surface area (Å²) in [5.74, 6) is 0.447. The molecule has 4 rings (SSSR count). The number of methoxy groups -OCH3 is 1. The molecule has 0 saturated carbocycles. The van der Waals surface area contributed by atoms with Crippen LogP contribution in [0.5, 0.6) is 0 Å². The van der Waals surface area contributed by atoms with Crippen LogP contribution in [0.1, 0.15) is 12.8 Å². The van der Waals surface area contributed by atoms with Crippen LogP contribution in [-0.4, -0.2) is 68.6 Å². The van der Waals surface area contributed by atoms with E-state index < -0.39 is 0 Å². The van der Waals surface area contributed by atoms with Crippen molar-refractivity contribution in [1.29, 1.82) is 0 Å². The topological polar surface area (TPSA) is 98.1 Å². The molecule has 1 amide bonds. The molecule has 3 aromatic rings. The van der Waals surface area contributed by atoms with Crippen molar-refractivity contribution in [3.63, 3.8) is 0 Å². The lowest BCUT2D eigenvalue weighted by Gasteiger charge is -2.30. The number of hydrogen-bond donors (Lipinski definition) is 1. The van der Waals surface area contributed by atoms with E-state index in [2.05, 4.69) is 30.5 Å². The normalized spacial score (nSPS) is 15.8. The molecule has 0 aliphatic carbocycles. The number of hydrogen-bond acceptors (Lipinski definition) is 7. The monoisotopic (exact) mass is 381 g/mol. The lowest BCUT2D eigenvalue weighted by molar-refractivity contribution is -0.117. The number of rotatable bonds is 5. The average molecular weight is 381 g/mol. The van der Waals surface area contributed by atoms with Gasteiger partial charge < -0.3 is 10.1 Å². The SMILES string of the molecule is COC1CCN(CC(=O)Nc2cc3cc(-c4cn(C)nn4)cnc3cn2)CC1. The van der Waals surface area contributed by atoms with Gasteiger partial charge in [0.15, 0.2) is 0 Å². The van der Waals surface area contributed by atoms with Crippen LogP contribution in [0.2, 0.25) is 0 Å². The third kappa shape index (κ3) is 4.15. The van der Waals surface area contributed by atoms with Gasteiger partial charge in [0.2, 0.25) is 5.91 Å². The second kappa shape index (κ2) is 7.99. The van der Waals surface area contributed by atoms with Crippen LogP contribution in [-0.2, 0) is 16.6 Å². The van der Waals surface area contributed by atoms with E-state index in [-0.39, 0.29) is 5.91 Å². The predicted octanol–water partition coefficient (Wildman–Crippen LogP) is 1.47. The largest absolute Gasteiger partial charge is 0.381 e. The summed E-state index contributed by atoms with van der Waals surface area (Å²) in [6.45, 7) is 2.08. The third-order valence-electron chi connectivity index (χ3n) is 4.97. The van der Waals surface area contributed by atoms with Gasteiger partial charge >= 0.3 is 0 Å². The molecule has 1 N–H and O–H groups in total. The Labute approximate surface area is 162 Å². The fraction of sp³-hybridized carbons (Fsp3) is 0.421. The van der Waals surface area contributed by atoms with E-state index in [9.17, 15) is 4.79 Å². The highest BCUT2D eigenvalue weighted by Crippen LogP contribution is 2.22. The lowest BCUT2D eigenvalue weighted by atomic mass is 10.1. The van der Waals surface area contributed by atoms with E-state index in [0.29, 0.717) is 18.5 Å². The Morgan fingerprint density at radius 2 is 2.07 bits per heavy atom. The first-order chi connectivity index (χ1) is 13.6. The summed E-state index contributed by atoms with van der Waals surface area (Å²) in [6.07, 6.45) is 7.45. The van der Waals surface area contributed by atoms with Crippen molar-refractivity contribution in [1.82, 2.24) is 29.9 Å². The molecule has 0 spiro atoms. The minimum Gasteiger partial charge on any atom is -0.381 e. The number of pyridine rings is 2. The van der Waals surface area contributed by atoms with E-state index in [1.807, 2.05) is 25.4 Å². The molecule has 9 nitrogen and oxygen atoms in total. The van der Waals surface area contributed by atoms with E-state index in [0.717, 1.165) is 48.1 Å². The molecule has 1 aliphatic heterocycles. The van der Waals surface area contributed by atoms with Crippen LogP contribution in [0.3, 0.4) is 0 Å². The van der Waals surface area contributed by atoms with Crippen LogP contribution in [0, 0.1) is 0 Å². The summed E-state index contributed by atoms with van der Waals surface area (Å²) in [4.78, 5) is 23.3. The second-order valence-electron chi connectivity index (χ2n) is 7.02. The zero-order valence-corrected chi connectivity index (χ0v) is 16.0. The molecule has 3 aromatic heterocycles. The Bertz CT molecular complexity index is 979. The molecular weight excluding hydrogens is 358 g/mol. The van der Waals surface area contributed by atoms with Gasteiger partial charge in [-0.2, -0.15) is 0 Å². The fourth-order valence-corrected chi connectivity index (χ4v) is 3.41. The van der Waals surface area contributed by atoms with E-state index in [1.54, 1.807) is 24.2 Å². The Hall–Kier alpha value is -2.91. The van der Waals surface area contributed by atoms with Gasteiger partial charge in [0, 0.05) is 44.4 Å². The summed E-state index contributed by atoms with van der Waals surface area (Å²) in [6, 6.07) is 3.80. The Morgan fingerprint density at radius 1 is 1.25 bits per heavy atom. The number of aryl methyl sites for hydroxylation is 1. The number of ether oxygens (including phenoxy) is 1. The molecule has 146 valence electrons. The molecule has 28 heavy (non-hydrogen) atoms. The van der Waals surface area contributed by atoms with E-state index >= 15 is 0 Å². The number of carbonyl (C=O) groups is 1. The van der Waals surface area contributed by atoms with Crippen molar-refractivity contribution in [2.24, 2.45) is 7.05 Å². The molecule has 1 aliphatic rings. The molecule has 0 bridgehead atoms. The first kappa shape index (κ1) is 18.5. The summed E-state index contributed by atoms with van der Waals surface area (Å²) in [7, 11) is 3.56. The summed E-state index contributed by atoms with van der Waals surface area (Å²) in [5.41, 5.74) is 2.37. The van der Waals surface area contributed by atoms with Gasteiger partial charge in [-0.1, -0.05) is 5.21 Å². The van der Waals surface area contributed by atoms with Crippen LogP contribution in [0.15, 0.2) is 30.7 Å². The Kier molecular flexibility index (Phi) is 5.27. The highest BCUT2D eigenvalue weighted by atomic mass is 16.5. The predicted molar refractivity (Wildman–Crippen MR) is 105 cm³/mol. The fourth-order valence-electron chi connectivity index (χ4n) is 3.41. The number of carbonyl (C=O) groups excluding carboxylic acids is 1. The minimum absolute atomic E-state index is 0.0687. The smallest absolute Gasteiger partial charge is 0.239 e. The zero-order chi connectivity index (χ0) is 19.5. The van der Waals surface area contributed by atoms with Crippen LogP contribution in [0.25, 0.3) is 22.2 Å². The maximum absolute atomic E-state index is 12.4. The number of amides is 1. The number of anilines is 1. The number of nitrogens with one attached hydrogen (secondary N) is 1. The van der Waals surface area contributed by atoms with Gasteiger partial charge in [-0.05, 0) is 25.0 Å². The first-order valence-electron chi connectivity index (χ1n) is 9.28. The molecule has 0 unspecified atom stereocenters.